The molecule has 0 heterocycles. The van der Waals surface area contributed by atoms with E-state index in [4.69, 9.17) is 4.55 Å². The molecule has 0 saturated heterocycles. The lowest BCUT2D eigenvalue weighted by Gasteiger charge is -2.18. The molecule has 0 fully saturated rings. The molecule has 222 valence electrons. The predicted molar refractivity (Wildman–Crippen MR) is 140 cm³/mol. The van der Waals surface area contributed by atoms with E-state index in [1.807, 2.05) is 0 Å². The number of hydrogen-bond acceptors (Lipinski definition) is 13. The van der Waals surface area contributed by atoms with E-state index in [0.29, 0.717) is 6.07 Å². The van der Waals surface area contributed by atoms with Gasteiger partial charge in [-0.05, 0) is 24.3 Å². The van der Waals surface area contributed by atoms with Crippen molar-refractivity contribution in [2.75, 3.05) is 17.7 Å². The summed E-state index contributed by atoms with van der Waals surface area (Å²) in [6, 6.07) is 8.65. The molecule has 0 aliphatic rings. The molecule has 0 atom stereocenters. The second-order valence-electron chi connectivity index (χ2n) is 7.98. The smallest absolute Gasteiger partial charge is 0.397 e. The number of nitrogens with one attached hydrogen (secondary N) is 1. The molecule has 3 aromatic carbocycles. The molecule has 0 unspecified atom stereocenters. The fourth-order valence-electron chi connectivity index (χ4n) is 3.52. The summed E-state index contributed by atoms with van der Waals surface area (Å²) in [5.41, 5.74) is -0.940. The Morgan fingerprint density at radius 2 is 1.46 bits per heavy atom. The van der Waals surface area contributed by atoms with E-state index in [1.54, 1.807) is 18.2 Å². The summed E-state index contributed by atoms with van der Waals surface area (Å²) in [5, 5.41) is 19.2. The SMILES string of the molecule is CC(=O)Nc1c(N=Nc2ccccc2)cc(S(=O)(=O)O)c2cc(S(=O)(=O)O)c(S(=O)(=O)CCOS(=O)(=O)O)c(O)c12. The summed E-state index contributed by atoms with van der Waals surface area (Å²) in [4.78, 5) is 7.76. The van der Waals surface area contributed by atoms with Gasteiger partial charge in [0.15, 0.2) is 9.84 Å². The fraction of sp³-hybridized carbons (Fsp3) is 0.150. The number of amides is 1. The minimum absolute atomic E-state index is 0.211. The van der Waals surface area contributed by atoms with Gasteiger partial charge < -0.3 is 10.4 Å². The van der Waals surface area contributed by atoms with Crippen molar-refractivity contribution in [3.8, 4) is 5.75 Å². The Bertz CT molecular complexity index is 2010. The zero-order valence-electron chi connectivity index (χ0n) is 20.4. The number of aromatic hydroxyl groups is 1. The third-order valence-corrected chi connectivity index (χ3v) is 9.15. The van der Waals surface area contributed by atoms with E-state index in [1.165, 1.54) is 12.1 Å². The summed E-state index contributed by atoms with van der Waals surface area (Å²) in [7, 11) is -21.2. The number of nitrogens with zero attached hydrogens (tertiary/aromatic N) is 2. The normalized spacial score (nSPS) is 13.1. The maximum Gasteiger partial charge on any atom is 0.397 e. The molecule has 0 bridgehead atoms. The third-order valence-electron chi connectivity index (χ3n) is 5.04. The van der Waals surface area contributed by atoms with Crippen LogP contribution in [0.3, 0.4) is 0 Å². The van der Waals surface area contributed by atoms with Crippen molar-refractivity contribution < 1.29 is 61.4 Å². The highest BCUT2D eigenvalue weighted by molar-refractivity contribution is 7.93. The van der Waals surface area contributed by atoms with E-state index >= 15 is 0 Å². The summed E-state index contributed by atoms with van der Waals surface area (Å²) < 4.78 is 129. The van der Waals surface area contributed by atoms with Gasteiger partial charge in [-0.25, -0.2) is 12.6 Å². The lowest BCUT2D eigenvalue weighted by atomic mass is 10.1. The number of phenolic OH excluding ortho intramolecular Hbond substituents is 1. The topological polar surface area (TPSA) is 281 Å². The van der Waals surface area contributed by atoms with Gasteiger partial charge in [0.25, 0.3) is 20.2 Å². The average Bonchev–Trinajstić information content (AvgIpc) is 2.80. The molecule has 21 heteroatoms. The lowest BCUT2D eigenvalue weighted by Crippen LogP contribution is -2.18. The highest BCUT2D eigenvalue weighted by Crippen LogP contribution is 2.47. The number of anilines is 1. The summed E-state index contributed by atoms with van der Waals surface area (Å²) >= 11 is 0. The number of carbonyl (C=O) groups is 1. The van der Waals surface area contributed by atoms with Crippen LogP contribution in [0.5, 0.6) is 5.75 Å². The molecule has 0 radical (unpaired) electrons. The van der Waals surface area contributed by atoms with Gasteiger partial charge in [-0.15, -0.1) is 5.11 Å². The van der Waals surface area contributed by atoms with Crippen molar-refractivity contribution in [3.05, 3.63) is 42.5 Å². The van der Waals surface area contributed by atoms with Gasteiger partial charge in [0.05, 0.1) is 29.1 Å². The Morgan fingerprint density at radius 3 is 1.98 bits per heavy atom. The van der Waals surface area contributed by atoms with Crippen molar-refractivity contribution in [2.24, 2.45) is 10.2 Å². The number of phenols is 1. The van der Waals surface area contributed by atoms with Crippen LogP contribution >= 0.6 is 0 Å². The fourth-order valence-corrected chi connectivity index (χ4v) is 7.18. The maximum atomic E-state index is 13.1. The second kappa shape index (κ2) is 11.4. The van der Waals surface area contributed by atoms with Gasteiger partial charge in [-0.3, -0.25) is 18.5 Å². The van der Waals surface area contributed by atoms with E-state index in [9.17, 15) is 52.7 Å². The summed E-state index contributed by atoms with van der Waals surface area (Å²) in [6.45, 7) is -0.321. The first-order chi connectivity index (χ1) is 18.7. The predicted octanol–water partition coefficient (Wildman–Crippen LogP) is 2.01. The van der Waals surface area contributed by atoms with Gasteiger partial charge in [-0.2, -0.15) is 30.4 Å². The van der Waals surface area contributed by atoms with Gasteiger partial charge >= 0.3 is 10.4 Å². The minimum atomic E-state index is -5.59. The van der Waals surface area contributed by atoms with Gasteiger partial charge in [0.2, 0.25) is 5.91 Å². The number of fused-ring (bicyclic) bond motifs is 1. The van der Waals surface area contributed by atoms with Crippen molar-refractivity contribution in [1.29, 1.82) is 0 Å². The second-order valence-corrected chi connectivity index (χ2v) is 13.9. The molecule has 41 heavy (non-hydrogen) atoms. The van der Waals surface area contributed by atoms with Gasteiger partial charge in [0, 0.05) is 12.3 Å². The van der Waals surface area contributed by atoms with Crippen LogP contribution in [0.1, 0.15) is 6.92 Å². The molecule has 3 rings (SSSR count). The molecule has 0 saturated carbocycles. The molecular weight excluding hydrogens is 634 g/mol. The Morgan fingerprint density at radius 1 is 0.878 bits per heavy atom. The van der Waals surface area contributed by atoms with Crippen LogP contribution in [0.2, 0.25) is 0 Å². The van der Waals surface area contributed by atoms with Crippen molar-refractivity contribution in [3.63, 3.8) is 0 Å². The number of rotatable bonds is 10. The van der Waals surface area contributed by atoms with Gasteiger partial charge in [0.1, 0.15) is 26.1 Å². The van der Waals surface area contributed by atoms with E-state index in [2.05, 4.69) is 19.7 Å². The first-order valence-corrected chi connectivity index (χ1v) is 16.5. The Labute approximate surface area is 232 Å². The first kappa shape index (κ1) is 32.0. The molecular formula is C20H19N3O14S4. The zero-order valence-corrected chi connectivity index (χ0v) is 23.6. The molecule has 0 aliphatic heterocycles. The molecule has 0 spiro atoms. The largest absolute Gasteiger partial charge is 0.506 e. The van der Waals surface area contributed by atoms with E-state index < -0.39 is 101 Å². The lowest BCUT2D eigenvalue weighted by molar-refractivity contribution is -0.114. The molecule has 17 nitrogen and oxygen atoms in total. The highest BCUT2D eigenvalue weighted by Gasteiger charge is 2.34. The van der Waals surface area contributed by atoms with Crippen LogP contribution in [-0.4, -0.2) is 70.7 Å². The molecule has 5 N–H and O–H groups in total. The number of azo groups is 1. The van der Waals surface area contributed by atoms with Crippen LogP contribution in [0.25, 0.3) is 10.8 Å². The molecule has 1 amide bonds. The Hall–Kier alpha value is -3.57. The summed E-state index contributed by atoms with van der Waals surface area (Å²) in [5.74, 6) is -3.82. The Balaban J connectivity index is 2.53. The average molecular weight is 654 g/mol. The standard InChI is InChI=1S/C20H19N3O14S4/c1-11(24)21-18-14(23-22-12-5-3-2-4-6-12)10-15(39(28,29)30)13-9-16(40(31,32)33)20(19(25)17(13)18)38(26,27)8-7-37-41(34,35)36/h2-6,9-10,25H,7-8H2,1H3,(H,21,24)(H,28,29,30)(H,31,32,33)(H,34,35,36). The van der Waals surface area contributed by atoms with Crippen molar-refractivity contribution in [1.82, 2.24) is 0 Å². The minimum Gasteiger partial charge on any atom is -0.506 e. The number of sulfone groups is 1. The van der Waals surface area contributed by atoms with Crippen LogP contribution in [0.4, 0.5) is 17.1 Å². The van der Waals surface area contributed by atoms with Crippen LogP contribution in [0.15, 0.2) is 67.4 Å². The Kier molecular flexibility index (Phi) is 8.86. The van der Waals surface area contributed by atoms with Crippen LogP contribution < -0.4 is 5.32 Å². The van der Waals surface area contributed by atoms with Crippen LogP contribution in [-0.2, 0) is 49.5 Å². The van der Waals surface area contributed by atoms with Crippen LogP contribution in [0, 0.1) is 0 Å². The monoisotopic (exact) mass is 653 g/mol. The van der Waals surface area contributed by atoms with E-state index in [0.717, 1.165) is 6.92 Å². The number of benzene rings is 3. The highest BCUT2D eigenvalue weighted by atomic mass is 32.3. The number of hydrogen-bond donors (Lipinski definition) is 5. The van der Waals surface area contributed by atoms with Crippen molar-refractivity contribution >= 4 is 74.2 Å². The van der Waals surface area contributed by atoms with Gasteiger partial charge in [-0.1, -0.05) is 18.2 Å². The summed E-state index contributed by atoms with van der Waals surface area (Å²) in [6.07, 6.45) is 0. The number of carbonyl (C=O) groups excluding carboxylic acids is 1. The molecule has 0 aromatic heterocycles. The van der Waals surface area contributed by atoms with E-state index in [-0.39, 0.29) is 11.8 Å². The zero-order chi connectivity index (χ0) is 31.0. The molecule has 3 aromatic rings. The molecule has 0 aliphatic carbocycles. The first-order valence-electron chi connectivity index (χ1n) is 10.6. The van der Waals surface area contributed by atoms with Crippen molar-refractivity contribution in [2.45, 2.75) is 21.6 Å². The quantitative estimate of drug-likeness (QED) is 0.155. The third kappa shape index (κ3) is 7.59. The maximum absolute atomic E-state index is 13.1.